The van der Waals surface area contributed by atoms with E-state index in [1.54, 1.807) is 31.4 Å². The van der Waals surface area contributed by atoms with Crippen molar-refractivity contribution in [3.63, 3.8) is 0 Å². The Balaban J connectivity index is 1.47. The quantitative estimate of drug-likeness (QED) is 0.380. The first kappa shape index (κ1) is 21.4. The van der Waals surface area contributed by atoms with Crippen molar-refractivity contribution in [2.24, 2.45) is 0 Å². The fraction of sp³-hybridized carbons (Fsp3) is 0.231. The van der Waals surface area contributed by atoms with Gasteiger partial charge in [0.25, 0.3) is 5.91 Å². The first-order valence-corrected chi connectivity index (χ1v) is 10.7. The van der Waals surface area contributed by atoms with Crippen LogP contribution in [0.1, 0.15) is 35.6 Å². The summed E-state index contributed by atoms with van der Waals surface area (Å²) in [6.07, 6.45) is 0.821. The lowest BCUT2D eigenvalue weighted by Gasteiger charge is -2.17. The molecule has 3 aromatic carbocycles. The van der Waals surface area contributed by atoms with Crippen molar-refractivity contribution in [2.75, 3.05) is 13.7 Å². The number of aromatic nitrogens is 2. The Labute approximate surface area is 187 Å². The molecular formula is C26H27N3O3. The number of nitrogens with one attached hydrogen (secondary N) is 1. The third-order valence-corrected chi connectivity index (χ3v) is 5.31. The van der Waals surface area contributed by atoms with Crippen molar-refractivity contribution in [3.8, 4) is 11.5 Å². The number of fused-ring (bicyclic) bond motifs is 1. The number of aryl methyl sites for hydroxylation is 1. The van der Waals surface area contributed by atoms with E-state index in [9.17, 15) is 4.79 Å². The molecule has 4 aromatic rings. The molecule has 1 N–H and O–H groups in total. The molecule has 0 bridgehead atoms. The van der Waals surface area contributed by atoms with E-state index in [2.05, 4.69) is 16.0 Å². The zero-order valence-electron chi connectivity index (χ0n) is 18.3. The van der Waals surface area contributed by atoms with Crippen LogP contribution in [0, 0.1) is 0 Å². The number of ether oxygens (including phenoxy) is 2. The van der Waals surface area contributed by atoms with Gasteiger partial charge in [-0.1, -0.05) is 30.3 Å². The van der Waals surface area contributed by atoms with Crippen LogP contribution in [0.15, 0.2) is 78.9 Å². The minimum Gasteiger partial charge on any atom is -0.497 e. The van der Waals surface area contributed by atoms with E-state index in [-0.39, 0.29) is 11.9 Å². The average molecular weight is 430 g/mol. The van der Waals surface area contributed by atoms with Crippen LogP contribution in [0.2, 0.25) is 0 Å². The fourth-order valence-corrected chi connectivity index (χ4v) is 3.68. The van der Waals surface area contributed by atoms with Gasteiger partial charge in [-0.25, -0.2) is 4.98 Å². The van der Waals surface area contributed by atoms with Crippen molar-refractivity contribution in [1.82, 2.24) is 14.9 Å². The maximum atomic E-state index is 12.8. The highest BCUT2D eigenvalue weighted by atomic mass is 16.5. The van der Waals surface area contributed by atoms with Crippen LogP contribution in [-0.2, 0) is 6.54 Å². The van der Waals surface area contributed by atoms with Gasteiger partial charge < -0.3 is 19.4 Å². The lowest BCUT2D eigenvalue weighted by Crippen LogP contribution is -2.28. The van der Waals surface area contributed by atoms with Crippen LogP contribution in [0.5, 0.6) is 11.5 Å². The number of benzene rings is 3. The summed E-state index contributed by atoms with van der Waals surface area (Å²) in [5, 5.41) is 3.07. The molecule has 0 aliphatic heterocycles. The molecule has 1 heterocycles. The predicted octanol–water partition coefficient (Wildman–Crippen LogP) is 5.01. The largest absolute Gasteiger partial charge is 0.497 e. The number of rotatable bonds is 9. The van der Waals surface area contributed by atoms with Crippen molar-refractivity contribution in [1.29, 1.82) is 0 Å². The van der Waals surface area contributed by atoms with Gasteiger partial charge in [-0.05, 0) is 61.9 Å². The van der Waals surface area contributed by atoms with E-state index in [0.717, 1.165) is 35.6 Å². The molecular weight excluding hydrogens is 402 g/mol. The molecule has 32 heavy (non-hydrogen) atoms. The van der Waals surface area contributed by atoms with Gasteiger partial charge in [-0.15, -0.1) is 0 Å². The van der Waals surface area contributed by atoms with Crippen LogP contribution < -0.4 is 14.8 Å². The molecule has 0 aliphatic carbocycles. The highest BCUT2D eigenvalue weighted by molar-refractivity contribution is 5.94. The van der Waals surface area contributed by atoms with E-state index in [0.29, 0.717) is 17.9 Å². The molecule has 1 atom stereocenters. The van der Waals surface area contributed by atoms with Gasteiger partial charge in [0.2, 0.25) is 0 Å². The molecule has 4 rings (SSSR count). The van der Waals surface area contributed by atoms with E-state index in [4.69, 9.17) is 14.5 Å². The smallest absolute Gasteiger partial charge is 0.251 e. The highest BCUT2D eigenvalue weighted by Crippen LogP contribution is 2.22. The second-order valence-corrected chi connectivity index (χ2v) is 7.55. The SMILES string of the molecule is COc1ccc(C(=O)NC(C)c2nc3ccccc3n2CCCOc2ccccc2)cc1. The number of carbonyl (C=O) groups is 1. The number of para-hydroxylation sites is 3. The molecule has 0 spiro atoms. The second kappa shape index (κ2) is 10.0. The van der Waals surface area contributed by atoms with Gasteiger partial charge >= 0.3 is 0 Å². The van der Waals surface area contributed by atoms with E-state index in [1.165, 1.54) is 0 Å². The Bertz CT molecular complexity index is 1170. The second-order valence-electron chi connectivity index (χ2n) is 7.55. The fourth-order valence-electron chi connectivity index (χ4n) is 3.68. The Morgan fingerprint density at radius 3 is 2.44 bits per heavy atom. The first-order valence-electron chi connectivity index (χ1n) is 10.7. The number of hydrogen-bond acceptors (Lipinski definition) is 4. The summed E-state index contributed by atoms with van der Waals surface area (Å²) in [5.74, 6) is 2.26. The van der Waals surface area contributed by atoms with E-state index < -0.39 is 0 Å². The minimum atomic E-state index is -0.257. The summed E-state index contributed by atoms with van der Waals surface area (Å²) in [4.78, 5) is 17.6. The van der Waals surface area contributed by atoms with Crippen molar-refractivity contribution in [2.45, 2.75) is 25.9 Å². The van der Waals surface area contributed by atoms with Crippen LogP contribution in [0.4, 0.5) is 0 Å². The van der Waals surface area contributed by atoms with Crippen molar-refractivity contribution >= 4 is 16.9 Å². The highest BCUT2D eigenvalue weighted by Gasteiger charge is 2.19. The van der Waals surface area contributed by atoms with Gasteiger partial charge in [-0.3, -0.25) is 4.79 Å². The lowest BCUT2D eigenvalue weighted by atomic mass is 10.2. The van der Waals surface area contributed by atoms with Gasteiger partial charge in [-0.2, -0.15) is 0 Å². The van der Waals surface area contributed by atoms with E-state index in [1.807, 2.05) is 55.5 Å². The van der Waals surface area contributed by atoms with Crippen LogP contribution in [0.25, 0.3) is 11.0 Å². The predicted molar refractivity (Wildman–Crippen MR) is 125 cm³/mol. The summed E-state index contributed by atoms with van der Waals surface area (Å²) < 4.78 is 13.2. The Hall–Kier alpha value is -3.80. The van der Waals surface area contributed by atoms with Gasteiger partial charge in [0.15, 0.2) is 0 Å². The van der Waals surface area contributed by atoms with Crippen LogP contribution in [0.3, 0.4) is 0 Å². The van der Waals surface area contributed by atoms with Crippen molar-refractivity contribution < 1.29 is 14.3 Å². The molecule has 0 aliphatic rings. The maximum absolute atomic E-state index is 12.8. The Morgan fingerprint density at radius 1 is 0.969 bits per heavy atom. The third kappa shape index (κ3) is 4.91. The topological polar surface area (TPSA) is 65.4 Å². The minimum absolute atomic E-state index is 0.147. The van der Waals surface area contributed by atoms with E-state index >= 15 is 0 Å². The molecule has 0 saturated heterocycles. The summed E-state index contributed by atoms with van der Waals surface area (Å²) in [7, 11) is 1.60. The molecule has 164 valence electrons. The standard InChI is InChI=1S/C26H27N3O3/c1-19(27-26(30)20-13-15-21(31-2)16-14-20)25-28-23-11-6-7-12-24(23)29(25)17-8-18-32-22-9-4-3-5-10-22/h3-7,9-16,19H,8,17-18H2,1-2H3,(H,27,30). The zero-order chi connectivity index (χ0) is 22.3. The normalized spacial score (nSPS) is 11.8. The Morgan fingerprint density at radius 2 is 1.69 bits per heavy atom. The number of imidazole rings is 1. The molecule has 0 saturated carbocycles. The molecule has 6 heteroatoms. The maximum Gasteiger partial charge on any atom is 0.251 e. The monoisotopic (exact) mass is 429 g/mol. The van der Waals surface area contributed by atoms with Crippen LogP contribution >= 0.6 is 0 Å². The molecule has 0 radical (unpaired) electrons. The number of carbonyl (C=O) groups excluding carboxylic acids is 1. The van der Waals surface area contributed by atoms with Gasteiger partial charge in [0.05, 0.1) is 30.8 Å². The average Bonchev–Trinajstić information content (AvgIpc) is 3.21. The zero-order valence-corrected chi connectivity index (χ0v) is 18.3. The van der Waals surface area contributed by atoms with Gasteiger partial charge in [0.1, 0.15) is 17.3 Å². The molecule has 6 nitrogen and oxygen atoms in total. The summed E-state index contributed by atoms with van der Waals surface area (Å²) in [6, 6.07) is 24.6. The summed E-state index contributed by atoms with van der Waals surface area (Å²) >= 11 is 0. The first-order chi connectivity index (χ1) is 15.7. The molecule has 1 unspecified atom stereocenters. The third-order valence-electron chi connectivity index (χ3n) is 5.31. The van der Waals surface area contributed by atoms with Gasteiger partial charge in [0, 0.05) is 12.1 Å². The number of hydrogen-bond donors (Lipinski definition) is 1. The molecule has 1 amide bonds. The Kier molecular flexibility index (Phi) is 6.70. The number of amides is 1. The number of methoxy groups -OCH3 is 1. The summed E-state index contributed by atoms with van der Waals surface area (Å²) in [6.45, 7) is 3.30. The molecule has 0 fully saturated rings. The number of nitrogens with zero attached hydrogens (tertiary/aromatic N) is 2. The van der Waals surface area contributed by atoms with Crippen molar-refractivity contribution in [3.05, 3.63) is 90.3 Å². The lowest BCUT2D eigenvalue weighted by molar-refractivity contribution is 0.0937. The van der Waals surface area contributed by atoms with Crippen LogP contribution in [-0.4, -0.2) is 29.2 Å². The molecule has 1 aromatic heterocycles. The summed E-state index contributed by atoms with van der Waals surface area (Å²) in [5.41, 5.74) is 2.54.